The lowest BCUT2D eigenvalue weighted by Crippen LogP contribution is -2.17. The van der Waals surface area contributed by atoms with Crippen LogP contribution >= 0.6 is 11.6 Å². The summed E-state index contributed by atoms with van der Waals surface area (Å²) in [6.07, 6.45) is 5.52. The zero-order chi connectivity index (χ0) is 11.0. The van der Waals surface area contributed by atoms with Crippen molar-refractivity contribution in [1.29, 1.82) is 0 Å². The molecule has 2 aliphatic rings. The molecule has 3 nitrogen and oxygen atoms in total. The van der Waals surface area contributed by atoms with E-state index in [0.29, 0.717) is 11.2 Å². The molecule has 0 atom stereocenters. The summed E-state index contributed by atoms with van der Waals surface area (Å²) in [5.74, 6) is 0.529. The molecule has 0 unspecified atom stereocenters. The number of rotatable bonds is 1. The SMILES string of the molecule is Clc1nc2c(c(C3CCOCC3)n1)CCC2. The molecule has 3 rings (SSSR count). The molecule has 1 saturated heterocycles. The molecule has 0 N–H and O–H groups in total. The Morgan fingerprint density at radius 1 is 1.12 bits per heavy atom. The summed E-state index contributed by atoms with van der Waals surface area (Å²) >= 11 is 5.99. The van der Waals surface area contributed by atoms with Crippen LogP contribution in [0.15, 0.2) is 0 Å². The van der Waals surface area contributed by atoms with E-state index in [9.17, 15) is 0 Å². The van der Waals surface area contributed by atoms with Gasteiger partial charge in [0, 0.05) is 24.8 Å². The fourth-order valence-corrected chi connectivity index (χ4v) is 2.93. The average molecular weight is 239 g/mol. The minimum Gasteiger partial charge on any atom is -0.381 e. The van der Waals surface area contributed by atoms with E-state index in [0.717, 1.165) is 38.9 Å². The second-order valence-corrected chi connectivity index (χ2v) is 4.88. The van der Waals surface area contributed by atoms with Crippen molar-refractivity contribution in [1.82, 2.24) is 9.97 Å². The highest BCUT2D eigenvalue weighted by molar-refractivity contribution is 6.28. The monoisotopic (exact) mass is 238 g/mol. The number of nitrogens with zero attached hydrogens (tertiary/aromatic N) is 2. The van der Waals surface area contributed by atoms with Crippen molar-refractivity contribution in [3.8, 4) is 0 Å². The first kappa shape index (κ1) is 10.5. The molecule has 2 heterocycles. The Labute approximate surface area is 100 Å². The van der Waals surface area contributed by atoms with Crippen LogP contribution in [0.4, 0.5) is 0 Å². The topological polar surface area (TPSA) is 35.0 Å². The molecule has 0 spiro atoms. The molecule has 16 heavy (non-hydrogen) atoms. The van der Waals surface area contributed by atoms with Crippen LogP contribution in [0.25, 0.3) is 0 Å². The molecule has 0 saturated carbocycles. The number of hydrogen-bond donors (Lipinski definition) is 0. The van der Waals surface area contributed by atoms with E-state index in [1.54, 1.807) is 0 Å². The maximum absolute atomic E-state index is 5.99. The quantitative estimate of drug-likeness (QED) is 0.706. The summed E-state index contributed by atoms with van der Waals surface area (Å²) in [5.41, 5.74) is 3.76. The van der Waals surface area contributed by atoms with Gasteiger partial charge >= 0.3 is 0 Å². The number of halogens is 1. The van der Waals surface area contributed by atoms with Crippen molar-refractivity contribution in [3.05, 3.63) is 22.2 Å². The molecule has 0 radical (unpaired) electrons. The van der Waals surface area contributed by atoms with Crippen molar-refractivity contribution >= 4 is 11.6 Å². The Hall–Kier alpha value is -0.670. The highest BCUT2D eigenvalue weighted by Crippen LogP contribution is 2.33. The summed E-state index contributed by atoms with van der Waals surface area (Å²) in [5, 5.41) is 0.419. The molecule has 1 aromatic rings. The molecule has 86 valence electrons. The lowest BCUT2D eigenvalue weighted by molar-refractivity contribution is 0.0843. The van der Waals surface area contributed by atoms with Crippen molar-refractivity contribution in [2.24, 2.45) is 0 Å². The molecule has 1 aliphatic heterocycles. The summed E-state index contributed by atoms with van der Waals surface area (Å²) in [6.45, 7) is 1.70. The van der Waals surface area contributed by atoms with E-state index in [4.69, 9.17) is 16.3 Å². The first-order chi connectivity index (χ1) is 7.84. The van der Waals surface area contributed by atoms with Crippen LogP contribution in [0.2, 0.25) is 5.28 Å². The predicted molar refractivity (Wildman–Crippen MR) is 61.9 cm³/mol. The van der Waals surface area contributed by atoms with Crippen LogP contribution < -0.4 is 0 Å². The van der Waals surface area contributed by atoms with Crippen LogP contribution in [-0.4, -0.2) is 23.2 Å². The normalized spacial score (nSPS) is 21.1. The second kappa shape index (κ2) is 4.30. The predicted octanol–water partition coefficient (Wildman–Crippen LogP) is 2.51. The Kier molecular flexibility index (Phi) is 2.82. The van der Waals surface area contributed by atoms with E-state index in [2.05, 4.69) is 9.97 Å². The molecular formula is C12H15ClN2O. The van der Waals surface area contributed by atoms with E-state index in [1.165, 1.54) is 23.4 Å². The lowest BCUT2D eigenvalue weighted by atomic mass is 9.92. The van der Waals surface area contributed by atoms with E-state index in [-0.39, 0.29) is 0 Å². The molecular weight excluding hydrogens is 224 g/mol. The first-order valence-electron chi connectivity index (χ1n) is 5.97. The van der Waals surface area contributed by atoms with Gasteiger partial charge in [0.2, 0.25) is 5.28 Å². The van der Waals surface area contributed by atoms with Crippen molar-refractivity contribution in [3.63, 3.8) is 0 Å². The number of aryl methyl sites for hydroxylation is 1. The minimum absolute atomic E-state index is 0.419. The third-order valence-electron chi connectivity index (χ3n) is 3.55. The van der Waals surface area contributed by atoms with Gasteiger partial charge in [-0.2, -0.15) is 0 Å². The molecule has 1 aromatic heterocycles. The van der Waals surface area contributed by atoms with Gasteiger partial charge in [-0.05, 0) is 49.3 Å². The van der Waals surface area contributed by atoms with Gasteiger partial charge in [0.15, 0.2) is 0 Å². The zero-order valence-electron chi connectivity index (χ0n) is 9.21. The molecule has 1 aliphatic carbocycles. The van der Waals surface area contributed by atoms with Crippen molar-refractivity contribution < 1.29 is 4.74 Å². The van der Waals surface area contributed by atoms with Crippen LogP contribution in [-0.2, 0) is 17.6 Å². The van der Waals surface area contributed by atoms with Crippen LogP contribution in [0, 0.1) is 0 Å². The molecule has 0 amide bonds. The van der Waals surface area contributed by atoms with Gasteiger partial charge in [0.25, 0.3) is 0 Å². The summed E-state index contributed by atoms with van der Waals surface area (Å²) < 4.78 is 5.39. The molecule has 1 fully saturated rings. The third kappa shape index (κ3) is 1.82. The fraction of sp³-hybridized carbons (Fsp3) is 0.667. The lowest BCUT2D eigenvalue weighted by Gasteiger charge is -2.23. The van der Waals surface area contributed by atoms with E-state index >= 15 is 0 Å². The molecule has 4 heteroatoms. The maximum atomic E-state index is 5.99. The van der Waals surface area contributed by atoms with Gasteiger partial charge in [0.05, 0.1) is 5.69 Å². The summed E-state index contributed by atoms with van der Waals surface area (Å²) in [6, 6.07) is 0. The smallest absolute Gasteiger partial charge is 0.222 e. The summed E-state index contributed by atoms with van der Waals surface area (Å²) in [7, 11) is 0. The van der Waals surface area contributed by atoms with Crippen molar-refractivity contribution in [2.75, 3.05) is 13.2 Å². The Balaban J connectivity index is 1.99. The Morgan fingerprint density at radius 2 is 1.94 bits per heavy atom. The largest absolute Gasteiger partial charge is 0.381 e. The van der Waals surface area contributed by atoms with Gasteiger partial charge < -0.3 is 4.74 Å². The number of aromatic nitrogens is 2. The summed E-state index contributed by atoms with van der Waals surface area (Å²) in [4.78, 5) is 8.80. The van der Waals surface area contributed by atoms with Crippen molar-refractivity contribution in [2.45, 2.75) is 38.0 Å². The van der Waals surface area contributed by atoms with E-state index in [1.807, 2.05) is 0 Å². The third-order valence-corrected chi connectivity index (χ3v) is 3.71. The standard InChI is InChI=1S/C12H15ClN2O/c13-12-14-10-3-1-2-9(10)11(15-12)8-4-6-16-7-5-8/h8H,1-7H2. The molecule has 0 aromatic carbocycles. The van der Waals surface area contributed by atoms with Gasteiger partial charge in [0.1, 0.15) is 0 Å². The minimum atomic E-state index is 0.419. The van der Waals surface area contributed by atoms with Gasteiger partial charge in [-0.15, -0.1) is 0 Å². The second-order valence-electron chi connectivity index (χ2n) is 4.54. The maximum Gasteiger partial charge on any atom is 0.222 e. The number of hydrogen-bond acceptors (Lipinski definition) is 3. The number of fused-ring (bicyclic) bond motifs is 1. The number of ether oxygens (including phenoxy) is 1. The van der Waals surface area contributed by atoms with E-state index < -0.39 is 0 Å². The van der Waals surface area contributed by atoms with Gasteiger partial charge in [-0.3, -0.25) is 0 Å². The van der Waals surface area contributed by atoms with Crippen LogP contribution in [0.3, 0.4) is 0 Å². The first-order valence-corrected chi connectivity index (χ1v) is 6.35. The van der Waals surface area contributed by atoms with Crippen LogP contribution in [0.5, 0.6) is 0 Å². The zero-order valence-corrected chi connectivity index (χ0v) is 9.96. The van der Waals surface area contributed by atoms with Gasteiger partial charge in [-0.25, -0.2) is 9.97 Å². The fourth-order valence-electron chi connectivity index (χ4n) is 2.74. The Morgan fingerprint density at radius 3 is 2.75 bits per heavy atom. The molecule has 0 bridgehead atoms. The Bertz CT molecular complexity index is 402. The average Bonchev–Trinajstić information content (AvgIpc) is 2.77. The van der Waals surface area contributed by atoms with Crippen LogP contribution in [0.1, 0.15) is 42.1 Å². The van der Waals surface area contributed by atoms with Gasteiger partial charge in [-0.1, -0.05) is 0 Å². The highest BCUT2D eigenvalue weighted by atomic mass is 35.5. The highest BCUT2D eigenvalue weighted by Gasteiger charge is 2.25.